The Balaban J connectivity index is 3.27. The maximum absolute atomic E-state index is 10.9. The van der Waals surface area contributed by atoms with E-state index in [9.17, 15) is 10.1 Å². The zero-order valence-corrected chi connectivity index (χ0v) is 10.6. The largest absolute Gasteiger partial charge is 0.272 e. The fourth-order valence-corrected chi connectivity index (χ4v) is 1.88. The first-order valence-corrected chi connectivity index (χ1v) is 5.46. The smallest absolute Gasteiger partial charge is 0.258 e. The molecule has 0 N–H and O–H groups in total. The number of hydrogen-bond acceptors (Lipinski definition) is 2. The lowest BCUT2D eigenvalue weighted by atomic mass is 9.84. The van der Waals surface area contributed by atoms with Crippen LogP contribution in [0.5, 0.6) is 0 Å². The molecule has 1 aromatic carbocycles. The van der Waals surface area contributed by atoms with Crippen molar-refractivity contribution in [3.8, 4) is 0 Å². The Morgan fingerprint density at radius 1 is 1.25 bits per heavy atom. The standard InChI is InChI=1S/C13H19NO2/c1-9-6-7-12(14(15)16)10(2)11(9)8-13(3,4)5/h6-7H,8H2,1-5H3. The van der Waals surface area contributed by atoms with E-state index in [0.29, 0.717) is 0 Å². The molecule has 0 spiro atoms. The summed E-state index contributed by atoms with van der Waals surface area (Å²) in [5, 5.41) is 10.9. The Bertz CT molecular complexity index is 417. The number of hydrogen-bond donors (Lipinski definition) is 0. The molecule has 0 saturated heterocycles. The van der Waals surface area contributed by atoms with Gasteiger partial charge >= 0.3 is 0 Å². The zero-order chi connectivity index (χ0) is 12.5. The van der Waals surface area contributed by atoms with Crippen LogP contribution in [0.4, 0.5) is 5.69 Å². The Morgan fingerprint density at radius 2 is 1.81 bits per heavy atom. The van der Waals surface area contributed by atoms with E-state index in [2.05, 4.69) is 20.8 Å². The van der Waals surface area contributed by atoms with E-state index >= 15 is 0 Å². The average Bonchev–Trinajstić information content (AvgIpc) is 2.10. The van der Waals surface area contributed by atoms with Gasteiger partial charge in [0.2, 0.25) is 0 Å². The van der Waals surface area contributed by atoms with Crippen LogP contribution in [0.3, 0.4) is 0 Å². The van der Waals surface area contributed by atoms with Gasteiger partial charge < -0.3 is 0 Å². The van der Waals surface area contributed by atoms with E-state index in [4.69, 9.17) is 0 Å². The first kappa shape index (κ1) is 12.7. The number of nitro benzene ring substituents is 1. The number of rotatable bonds is 2. The van der Waals surface area contributed by atoms with Crippen molar-refractivity contribution in [2.24, 2.45) is 5.41 Å². The molecule has 0 bridgehead atoms. The quantitative estimate of drug-likeness (QED) is 0.563. The molecule has 0 saturated carbocycles. The number of nitrogens with zero attached hydrogens (tertiary/aromatic N) is 1. The van der Waals surface area contributed by atoms with Gasteiger partial charge in [0.1, 0.15) is 0 Å². The number of benzene rings is 1. The normalized spacial score (nSPS) is 11.6. The van der Waals surface area contributed by atoms with Crippen LogP contribution in [0.15, 0.2) is 12.1 Å². The van der Waals surface area contributed by atoms with E-state index in [1.807, 2.05) is 19.9 Å². The van der Waals surface area contributed by atoms with Gasteiger partial charge in [-0.1, -0.05) is 26.8 Å². The summed E-state index contributed by atoms with van der Waals surface area (Å²) in [6.07, 6.45) is 0.867. The Hall–Kier alpha value is -1.38. The van der Waals surface area contributed by atoms with Crippen molar-refractivity contribution in [1.29, 1.82) is 0 Å². The Kier molecular flexibility index (Phi) is 3.36. The molecular formula is C13H19NO2. The van der Waals surface area contributed by atoms with E-state index < -0.39 is 0 Å². The van der Waals surface area contributed by atoms with Gasteiger partial charge in [0.05, 0.1) is 4.92 Å². The minimum absolute atomic E-state index is 0.144. The third-order valence-electron chi connectivity index (χ3n) is 2.71. The highest BCUT2D eigenvalue weighted by Gasteiger charge is 2.20. The van der Waals surface area contributed by atoms with Crippen LogP contribution in [0.2, 0.25) is 0 Å². The van der Waals surface area contributed by atoms with E-state index in [-0.39, 0.29) is 16.0 Å². The Morgan fingerprint density at radius 3 is 2.25 bits per heavy atom. The molecule has 88 valence electrons. The lowest BCUT2D eigenvalue weighted by Crippen LogP contribution is -2.12. The molecular weight excluding hydrogens is 202 g/mol. The highest BCUT2D eigenvalue weighted by atomic mass is 16.6. The van der Waals surface area contributed by atoms with E-state index in [0.717, 1.165) is 23.1 Å². The molecule has 3 heteroatoms. The molecule has 0 atom stereocenters. The van der Waals surface area contributed by atoms with Crippen molar-refractivity contribution >= 4 is 5.69 Å². The maximum atomic E-state index is 10.9. The molecule has 0 unspecified atom stereocenters. The fraction of sp³-hybridized carbons (Fsp3) is 0.538. The molecule has 0 aliphatic carbocycles. The first-order valence-electron chi connectivity index (χ1n) is 5.46. The molecule has 16 heavy (non-hydrogen) atoms. The molecule has 0 fully saturated rings. The maximum Gasteiger partial charge on any atom is 0.272 e. The van der Waals surface area contributed by atoms with Crippen LogP contribution in [-0.4, -0.2) is 4.92 Å². The molecule has 3 nitrogen and oxygen atoms in total. The van der Waals surface area contributed by atoms with Gasteiger partial charge in [0.15, 0.2) is 0 Å². The molecule has 0 aromatic heterocycles. The summed E-state index contributed by atoms with van der Waals surface area (Å²) in [4.78, 5) is 10.6. The second-order valence-corrected chi connectivity index (χ2v) is 5.50. The summed E-state index contributed by atoms with van der Waals surface area (Å²) >= 11 is 0. The molecule has 0 radical (unpaired) electrons. The fourth-order valence-electron chi connectivity index (χ4n) is 1.88. The van der Waals surface area contributed by atoms with Gasteiger partial charge in [-0.15, -0.1) is 0 Å². The monoisotopic (exact) mass is 221 g/mol. The third-order valence-corrected chi connectivity index (χ3v) is 2.71. The predicted molar refractivity (Wildman–Crippen MR) is 65.7 cm³/mol. The van der Waals surface area contributed by atoms with Gasteiger partial charge in [-0.2, -0.15) is 0 Å². The summed E-state index contributed by atoms with van der Waals surface area (Å²) in [7, 11) is 0. The number of nitro groups is 1. The van der Waals surface area contributed by atoms with Crippen LogP contribution >= 0.6 is 0 Å². The van der Waals surface area contributed by atoms with E-state index in [1.165, 1.54) is 0 Å². The van der Waals surface area contributed by atoms with Crippen LogP contribution in [-0.2, 0) is 6.42 Å². The topological polar surface area (TPSA) is 43.1 Å². The van der Waals surface area contributed by atoms with Gasteiger partial charge in [0, 0.05) is 11.6 Å². The van der Waals surface area contributed by atoms with E-state index in [1.54, 1.807) is 6.07 Å². The highest BCUT2D eigenvalue weighted by Crippen LogP contribution is 2.30. The van der Waals surface area contributed by atoms with Gasteiger partial charge in [-0.25, -0.2) is 0 Å². The van der Waals surface area contributed by atoms with Crippen molar-refractivity contribution < 1.29 is 4.92 Å². The van der Waals surface area contributed by atoms with Crippen molar-refractivity contribution in [3.05, 3.63) is 38.9 Å². The first-order chi connectivity index (χ1) is 7.22. The summed E-state index contributed by atoms with van der Waals surface area (Å²) < 4.78 is 0. The second kappa shape index (κ2) is 4.24. The van der Waals surface area contributed by atoms with Crippen LogP contribution < -0.4 is 0 Å². The van der Waals surface area contributed by atoms with Crippen molar-refractivity contribution in [1.82, 2.24) is 0 Å². The predicted octanol–water partition coefficient (Wildman–Crippen LogP) is 3.80. The molecule has 1 aromatic rings. The molecule has 1 rings (SSSR count). The van der Waals surface area contributed by atoms with Crippen molar-refractivity contribution in [3.63, 3.8) is 0 Å². The lowest BCUT2D eigenvalue weighted by Gasteiger charge is -2.21. The summed E-state index contributed by atoms with van der Waals surface area (Å²) in [6, 6.07) is 3.43. The van der Waals surface area contributed by atoms with Crippen LogP contribution in [0.1, 0.15) is 37.5 Å². The Labute approximate surface area is 96.6 Å². The third kappa shape index (κ3) is 2.81. The summed E-state index contributed by atoms with van der Waals surface area (Å²) in [5.41, 5.74) is 3.43. The minimum Gasteiger partial charge on any atom is -0.258 e. The molecule has 0 heterocycles. The van der Waals surface area contributed by atoms with Crippen molar-refractivity contribution in [2.45, 2.75) is 41.0 Å². The second-order valence-electron chi connectivity index (χ2n) is 5.50. The van der Waals surface area contributed by atoms with Crippen LogP contribution in [0.25, 0.3) is 0 Å². The summed E-state index contributed by atoms with van der Waals surface area (Å²) in [6.45, 7) is 10.3. The average molecular weight is 221 g/mol. The van der Waals surface area contributed by atoms with Gasteiger partial charge in [-0.3, -0.25) is 10.1 Å². The van der Waals surface area contributed by atoms with Crippen molar-refractivity contribution in [2.75, 3.05) is 0 Å². The van der Waals surface area contributed by atoms with Gasteiger partial charge in [-0.05, 0) is 36.8 Å². The molecule has 0 aliphatic heterocycles. The molecule has 0 amide bonds. The highest BCUT2D eigenvalue weighted by molar-refractivity contribution is 5.48. The number of aryl methyl sites for hydroxylation is 1. The lowest BCUT2D eigenvalue weighted by molar-refractivity contribution is -0.385. The zero-order valence-electron chi connectivity index (χ0n) is 10.6. The van der Waals surface area contributed by atoms with Crippen LogP contribution in [0, 0.1) is 29.4 Å². The van der Waals surface area contributed by atoms with Gasteiger partial charge in [0.25, 0.3) is 5.69 Å². The summed E-state index contributed by atoms with van der Waals surface area (Å²) in [5.74, 6) is 0. The minimum atomic E-state index is -0.305. The molecule has 0 aliphatic rings. The SMILES string of the molecule is Cc1ccc([N+](=O)[O-])c(C)c1CC(C)(C)C.